The summed E-state index contributed by atoms with van der Waals surface area (Å²) < 4.78 is 0. The Bertz CT molecular complexity index is 416. The fraction of sp³-hybridized carbons (Fsp3) is 0.500. The van der Waals surface area contributed by atoms with Gasteiger partial charge in [-0.15, -0.1) is 0 Å². The molecule has 92 valence electrons. The highest BCUT2D eigenvalue weighted by Gasteiger charge is 2.36. The van der Waals surface area contributed by atoms with E-state index < -0.39 is 11.9 Å². The number of carbonyl (C=O) groups excluding carboxylic acids is 2. The lowest BCUT2D eigenvalue weighted by Crippen LogP contribution is -2.45. The van der Waals surface area contributed by atoms with Crippen LogP contribution in [0.5, 0.6) is 0 Å². The second kappa shape index (κ2) is 4.87. The van der Waals surface area contributed by atoms with Gasteiger partial charge in [0.05, 0.1) is 0 Å². The molecule has 1 fully saturated rings. The van der Waals surface area contributed by atoms with E-state index in [1.807, 2.05) is 18.4 Å². The van der Waals surface area contributed by atoms with Crippen LogP contribution in [0.15, 0.2) is 16.8 Å². The van der Waals surface area contributed by atoms with E-state index in [1.165, 1.54) is 5.56 Å². The van der Waals surface area contributed by atoms with Crippen molar-refractivity contribution in [2.45, 2.75) is 31.7 Å². The highest BCUT2D eigenvalue weighted by atomic mass is 32.1. The fourth-order valence-electron chi connectivity index (χ4n) is 2.34. The zero-order valence-corrected chi connectivity index (χ0v) is 10.6. The van der Waals surface area contributed by atoms with E-state index >= 15 is 0 Å². The fourth-order valence-corrected chi connectivity index (χ4v) is 3.08. The Morgan fingerprint density at radius 2 is 2.47 bits per heavy atom. The molecule has 0 aliphatic carbocycles. The summed E-state index contributed by atoms with van der Waals surface area (Å²) in [5, 5.41) is 4.07. The van der Waals surface area contributed by atoms with Crippen LogP contribution < -0.4 is 5.73 Å². The van der Waals surface area contributed by atoms with Crippen LogP contribution in [0.4, 0.5) is 0 Å². The zero-order valence-electron chi connectivity index (χ0n) is 9.76. The highest BCUT2D eigenvalue weighted by Crippen LogP contribution is 2.31. The third kappa shape index (κ3) is 2.34. The number of nitrogens with zero attached hydrogens (tertiary/aromatic N) is 1. The van der Waals surface area contributed by atoms with Crippen molar-refractivity contribution < 1.29 is 9.59 Å². The Morgan fingerprint density at radius 1 is 1.71 bits per heavy atom. The van der Waals surface area contributed by atoms with Crippen LogP contribution in [0.2, 0.25) is 0 Å². The first-order valence-corrected chi connectivity index (χ1v) is 6.68. The number of primary amides is 1. The van der Waals surface area contributed by atoms with Crippen molar-refractivity contribution >= 4 is 23.2 Å². The molecule has 1 aromatic heterocycles. The number of hydrogen-bond acceptors (Lipinski definition) is 3. The second-order valence-electron chi connectivity index (χ2n) is 4.33. The van der Waals surface area contributed by atoms with E-state index in [2.05, 4.69) is 5.38 Å². The minimum Gasteiger partial charge on any atom is -0.368 e. The van der Waals surface area contributed by atoms with Crippen molar-refractivity contribution in [3.05, 3.63) is 22.4 Å². The van der Waals surface area contributed by atoms with Gasteiger partial charge < -0.3 is 10.6 Å². The van der Waals surface area contributed by atoms with Crippen LogP contribution in [0, 0.1) is 0 Å². The van der Waals surface area contributed by atoms with Gasteiger partial charge in [0.25, 0.3) is 0 Å². The van der Waals surface area contributed by atoms with Gasteiger partial charge in [-0.3, -0.25) is 9.59 Å². The number of thiophene rings is 1. The smallest absolute Gasteiger partial charge is 0.240 e. The van der Waals surface area contributed by atoms with Gasteiger partial charge in [0.1, 0.15) is 6.04 Å². The third-order valence-electron chi connectivity index (χ3n) is 3.26. The van der Waals surface area contributed by atoms with Crippen LogP contribution in [-0.2, 0) is 9.59 Å². The Balaban J connectivity index is 2.12. The maximum absolute atomic E-state index is 11.9. The maximum atomic E-state index is 11.9. The number of likely N-dealkylation sites (tertiary alicyclic amines) is 1. The van der Waals surface area contributed by atoms with E-state index in [1.54, 1.807) is 16.2 Å². The molecule has 1 aliphatic heterocycles. The summed E-state index contributed by atoms with van der Waals surface area (Å²) in [5.74, 6) is -0.166. The topological polar surface area (TPSA) is 63.4 Å². The lowest BCUT2D eigenvalue weighted by atomic mass is 10.0. The Kier molecular flexibility index (Phi) is 3.47. The van der Waals surface area contributed by atoms with Crippen LogP contribution in [-0.4, -0.2) is 29.3 Å². The van der Waals surface area contributed by atoms with Gasteiger partial charge in [-0.25, -0.2) is 0 Å². The molecule has 17 heavy (non-hydrogen) atoms. The van der Waals surface area contributed by atoms with E-state index in [4.69, 9.17) is 5.73 Å². The predicted octanol–water partition coefficient (Wildman–Crippen LogP) is 1.33. The zero-order chi connectivity index (χ0) is 12.4. The summed E-state index contributed by atoms with van der Waals surface area (Å²) in [5.41, 5.74) is 6.51. The Hall–Kier alpha value is -1.36. The Labute approximate surface area is 104 Å². The first-order valence-electron chi connectivity index (χ1n) is 5.74. The van der Waals surface area contributed by atoms with Crippen molar-refractivity contribution in [2.24, 2.45) is 5.73 Å². The average Bonchev–Trinajstić information content (AvgIpc) is 2.89. The van der Waals surface area contributed by atoms with Gasteiger partial charge in [0.2, 0.25) is 11.8 Å². The van der Waals surface area contributed by atoms with Gasteiger partial charge >= 0.3 is 0 Å². The molecule has 0 spiro atoms. The van der Waals surface area contributed by atoms with Crippen molar-refractivity contribution in [2.75, 3.05) is 6.54 Å². The van der Waals surface area contributed by atoms with E-state index in [0.29, 0.717) is 19.4 Å². The first-order chi connectivity index (χ1) is 8.13. The number of nitrogens with two attached hydrogens (primary N) is 1. The molecule has 2 heterocycles. The molecular formula is C12H16N2O2S. The van der Waals surface area contributed by atoms with Crippen LogP contribution in [0.25, 0.3) is 0 Å². The molecule has 2 amide bonds. The molecule has 0 aromatic carbocycles. The van der Waals surface area contributed by atoms with Crippen molar-refractivity contribution in [1.82, 2.24) is 4.90 Å². The number of hydrogen-bond donors (Lipinski definition) is 1. The number of amides is 2. The van der Waals surface area contributed by atoms with Crippen LogP contribution >= 0.6 is 11.3 Å². The lowest BCUT2D eigenvalue weighted by Gasteiger charge is -2.24. The molecule has 1 aromatic rings. The van der Waals surface area contributed by atoms with Gasteiger partial charge in [-0.1, -0.05) is 6.92 Å². The van der Waals surface area contributed by atoms with Gasteiger partial charge in [0.15, 0.2) is 0 Å². The predicted molar refractivity (Wildman–Crippen MR) is 66.7 cm³/mol. The Morgan fingerprint density at radius 3 is 3.00 bits per heavy atom. The van der Waals surface area contributed by atoms with E-state index in [0.717, 1.165) is 0 Å². The molecule has 2 rings (SSSR count). The standard InChI is InChI=1S/C12H16N2O2S/c1-2-10(12(13)16)14-6-9(5-11(14)15)8-3-4-17-7-8/h3-4,7,9-10H,2,5-6H2,1H3,(H2,13,16)/t9?,10-/m0/s1. The maximum Gasteiger partial charge on any atom is 0.240 e. The molecule has 0 bridgehead atoms. The van der Waals surface area contributed by atoms with E-state index in [-0.39, 0.29) is 11.8 Å². The normalized spacial score (nSPS) is 21.8. The first kappa shape index (κ1) is 12.1. The molecule has 1 unspecified atom stereocenters. The average molecular weight is 252 g/mol. The van der Waals surface area contributed by atoms with Crippen LogP contribution in [0.3, 0.4) is 0 Å². The monoisotopic (exact) mass is 252 g/mol. The molecular weight excluding hydrogens is 236 g/mol. The third-order valence-corrected chi connectivity index (χ3v) is 3.97. The lowest BCUT2D eigenvalue weighted by molar-refractivity contribution is -0.136. The summed E-state index contributed by atoms with van der Waals surface area (Å²) in [4.78, 5) is 24.8. The van der Waals surface area contributed by atoms with Gasteiger partial charge in [-0.2, -0.15) is 11.3 Å². The van der Waals surface area contributed by atoms with E-state index in [9.17, 15) is 9.59 Å². The van der Waals surface area contributed by atoms with Crippen molar-refractivity contribution in [3.63, 3.8) is 0 Å². The quantitative estimate of drug-likeness (QED) is 0.878. The van der Waals surface area contributed by atoms with Gasteiger partial charge in [-0.05, 0) is 28.8 Å². The molecule has 2 atom stereocenters. The summed E-state index contributed by atoms with van der Waals surface area (Å²) >= 11 is 1.63. The minimum absolute atomic E-state index is 0.0341. The highest BCUT2D eigenvalue weighted by molar-refractivity contribution is 7.08. The SMILES string of the molecule is CC[C@@H](C(N)=O)N1CC(c2ccsc2)CC1=O. The molecule has 1 aliphatic rings. The molecule has 1 saturated heterocycles. The minimum atomic E-state index is -0.453. The van der Waals surface area contributed by atoms with Crippen LogP contribution in [0.1, 0.15) is 31.2 Å². The molecule has 0 radical (unpaired) electrons. The molecule has 4 nitrogen and oxygen atoms in total. The molecule has 2 N–H and O–H groups in total. The summed E-state index contributed by atoms with van der Waals surface area (Å²) in [6.07, 6.45) is 1.07. The molecule has 5 heteroatoms. The number of carbonyl (C=O) groups is 2. The van der Waals surface area contributed by atoms with Crippen molar-refractivity contribution in [1.29, 1.82) is 0 Å². The van der Waals surface area contributed by atoms with Gasteiger partial charge in [0, 0.05) is 18.9 Å². The summed E-state index contributed by atoms with van der Waals surface area (Å²) in [6.45, 7) is 2.48. The number of rotatable bonds is 4. The summed E-state index contributed by atoms with van der Waals surface area (Å²) in [6, 6.07) is 1.59. The molecule has 0 saturated carbocycles. The summed E-state index contributed by atoms with van der Waals surface area (Å²) in [7, 11) is 0. The van der Waals surface area contributed by atoms with Crippen molar-refractivity contribution in [3.8, 4) is 0 Å². The second-order valence-corrected chi connectivity index (χ2v) is 5.11. The largest absolute Gasteiger partial charge is 0.368 e.